The fraction of sp³-hybridized carbons (Fsp3) is 0.250. The van der Waals surface area contributed by atoms with E-state index in [1.807, 2.05) is 42.5 Å². The van der Waals surface area contributed by atoms with Gasteiger partial charge in [-0.3, -0.25) is 4.79 Å². The lowest BCUT2D eigenvalue weighted by Gasteiger charge is -2.33. The number of rotatable bonds is 4. The first kappa shape index (κ1) is 18.2. The van der Waals surface area contributed by atoms with E-state index in [2.05, 4.69) is 0 Å². The van der Waals surface area contributed by atoms with Crippen LogP contribution in [0.25, 0.3) is 10.8 Å². The molecule has 1 aromatic heterocycles. The molecule has 0 atom stereocenters. The van der Waals surface area contributed by atoms with Gasteiger partial charge in [-0.25, -0.2) is 8.42 Å². The van der Waals surface area contributed by atoms with Gasteiger partial charge in [0, 0.05) is 26.2 Å². The lowest BCUT2D eigenvalue weighted by Crippen LogP contribution is -2.50. The van der Waals surface area contributed by atoms with E-state index in [0.29, 0.717) is 36.8 Å². The molecule has 1 amide bonds. The molecular weight excluding hydrogens is 380 g/mol. The van der Waals surface area contributed by atoms with Crippen LogP contribution in [-0.2, 0) is 21.2 Å². The lowest BCUT2D eigenvalue weighted by atomic mass is 10.0. The highest BCUT2D eigenvalue weighted by Gasteiger charge is 2.30. The van der Waals surface area contributed by atoms with E-state index in [1.54, 1.807) is 22.4 Å². The summed E-state index contributed by atoms with van der Waals surface area (Å²) in [5, 5.41) is 3.97. The van der Waals surface area contributed by atoms with Crippen molar-refractivity contribution in [2.24, 2.45) is 0 Å². The molecule has 5 nitrogen and oxygen atoms in total. The van der Waals surface area contributed by atoms with Gasteiger partial charge in [-0.1, -0.05) is 48.5 Å². The fourth-order valence-corrected chi connectivity index (χ4v) is 6.00. The van der Waals surface area contributed by atoms with Crippen molar-refractivity contribution in [3.63, 3.8) is 0 Å². The number of nitrogens with zero attached hydrogens (tertiary/aromatic N) is 2. The number of hydrogen-bond donors (Lipinski definition) is 0. The van der Waals surface area contributed by atoms with Gasteiger partial charge >= 0.3 is 0 Å². The highest BCUT2D eigenvalue weighted by molar-refractivity contribution is 7.91. The van der Waals surface area contributed by atoms with Gasteiger partial charge in [0.2, 0.25) is 5.91 Å². The summed E-state index contributed by atoms with van der Waals surface area (Å²) in [6, 6.07) is 17.4. The van der Waals surface area contributed by atoms with E-state index < -0.39 is 10.0 Å². The molecule has 2 aromatic carbocycles. The smallest absolute Gasteiger partial charge is 0.252 e. The minimum atomic E-state index is -3.44. The summed E-state index contributed by atoms with van der Waals surface area (Å²) in [5.41, 5.74) is 1.01. The van der Waals surface area contributed by atoms with Crippen molar-refractivity contribution in [1.29, 1.82) is 0 Å². The zero-order valence-electron chi connectivity index (χ0n) is 14.7. The average Bonchev–Trinajstić information content (AvgIpc) is 3.24. The molecule has 1 saturated heterocycles. The molecule has 0 unspecified atom stereocenters. The van der Waals surface area contributed by atoms with Gasteiger partial charge in [0.1, 0.15) is 4.21 Å². The van der Waals surface area contributed by atoms with E-state index in [1.165, 1.54) is 15.6 Å². The molecule has 4 rings (SSSR count). The Bertz CT molecular complexity index is 1050. The molecule has 0 aliphatic carbocycles. The number of piperazine rings is 1. The van der Waals surface area contributed by atoms with E-state index in [-0.39, 0.29) is 5.91 Å². The highest BCUT2D eigenvalue weighted by atomic mass is 32.2. The van der Waals surface area contributed by atoms with Crippen LogP contribution >= 0.6 is 11.3 Å². The summed E-state index contributed by atoms with van der Waals surface area (Å²) >= 11 is 1.22. The normalized spacial score (nSPS) is 15.9. The number of hydrogen-bond acceptors (Lipinski definition) is 4. The minimum absolute atomic E-state index is 0.0412. The first-order valence-electron chi connectivity index (χ1n) is 8.84. The first-order valence-corrected chi connectivity index (χ1v) is 11.2. The Morgan fingerprint density at radius 3 is 2.41 bits per heavy atom. The van der Waals surface area contributed by atoms with Crippen LogP contribution in [0, 0.1) is 0 Å². The van der Waals surface area contributed by atoms with E-state index in [9.17, 15) is 13.2 Å². The molecule has 0 saturated carbocycles. The predicted molar refractivity (Wildman–Crippen MR) is 107 cm³/mol. The molecule has 7 heteroatoms. The Kier molecular flexibility index (Phi) is 4.99. The van der Waals surface area contributed by atoms with Crippen LogP contribution < -0.4 is 0 Å². The second-order valence-corrected chi connectivity index (χ2v) is 9.64. The number of sulfonamides is 1. The number of amides is 1. The van der Waals surface area contributed by atoms with Gasteiger partial charge in [0.05, 0.1) is 6.42 Å². The van der Waals surface area contributed by atoms with Crippen LogP contribution in [0.15, 0.2) is 64.2 Å². The number of fused-ring (bicyclic) bond motifs is 1. The maximum Gasteiger partial charge on any atom is 0.252 e. The Morgan fingerprint density at radius 2 is 1.67 bits per heavy atom. The third kappa shape index (κ3) is 3.63. The minimum Gasteiger partial charge on any atom is -0.340 e. The van der Waals surface area contributed by atoms with Crippen molar-refractivity contribution in [3.8, 4) is 0 Å². The second kappa shape index (κ2) is 7.42. The second-order valence-electron chi connectivity index (χ2n) is 6.53. The van der Waals surface area contributed by atoms with Crippen LogP contribution in [0.5, 0.6) is 0 Å². The fourth-order valence-electron chi connectivity index (χ4n) is 3.44. The van der Waals surface area contributed by atoms with Gasteiger partial charge < -0.3 is 4.90 Å². The number of carbonyl (C=O) groups excluding carboxylic acids is 1. The zero-order valence-corrected chi connectivity index (χ0v) is 16.4. The molecule has 0 bridgehead atoms. The van der Waals surface area contributed by atoms with E-state index in [4.69, 9.17) is 0 Å². The summed E-state index contributed by atoms with van der Waals surface area (Å²) in [7, 11) is -3.44. The monoisotopic (exact) mass is 400 g/mol. The van der Waals surface area contributed by atoms with Crippen LogP contribution in [-0.4, -0.2) is 49.7 Å². The van der Waals surface area contributed by atoms with Crippen molar-refractivity contribution in [2.75, 3.05) is 26.2 Å². The van der Waals surface area contributed by atoms with Crippen LogP contribution in [0.2, 0.25) is 0 Å². The van der Waals surface area contributed by atoms with Crippen molar-refractivity contribution in [3.05, 3.63) is 65.5 Å². The third-order valence-corrected chi connectivity index (χ3v) is 8.17. The Morgan fingerprint density at radius 1 is 0.926 bits per heavy atom. The molecule has 27 heavy (non-hydrogen) atoms. The first-order chi connectivity index (χ1) is 13.1. The van der Waals surface area contributed by atoms with Gasteiger partial charge in [-0.15, -0.1) is 11.3 Å². The van der Waals surface area contributed by atoms with Crippen molar-refractivity contribution >= 4 is 38.0 Å². The van der Waals surface area contributed by atoms with Crippen molar-refractivity contribution in [2.45, 2.75) is 10.6 Å². The zero-order chi connectivity index (χ0) is 18.9. The molecule has 1 aliphatic heterocycles. The van der Waals surface area contributed by atoms with Gasteiger partial charge in [0.25, 0.3) is 10.0 Å². The summed E-state index contributed by atoms with van der Waals surface area (Å²) in [6.45, 7) is 1.52. The number of thiophene rings is 1. The number of benzene rings is 2. The molecule has 0 N–H and O–H groups in total. The van der Waals surface area contributed by atoms with Gasteiger partial charge in [0.15, 0.2) is 0 Å². The lowest BCUT2D eigenvalue weighted by molar-refractivity contribution is -0.131. The van der Waals surface area contributed by atoms with Crippen molar-refractivity contribution in [1.82, 2.24) is 9.21 Å². The summed E-state index contributed by atoms with van der Waals surface area (Å²) < 4.78 is 27.0. The SMILES string of the molecule is O=C(Cc1cccc2ccccc12)N1CCN(S(=O)(=O)c2cccs2)CC1. The molecular formula is C20H20N2O3S2. The van der Waals surface area contributed by atoms with E-state index in [0.717, 1.165) is 16.3 Å². The molecule has 3 aromatic rings. The summed E-state index contributed by atoms with van der Waals surface area (Å²) in [6.07, 6.45) is 0.332. The van der Waals surface area contributed by atoms with Gasteiger partial charge in [-0.05, 0) is 27.8 Å². The molecule has 140 valence electrons. The van der Waals surface area contributed by atoms with E-state index >= 15 is 0 Å². The largest absolute Gasteiger partial charge is 0.340 e. The third-order valence-electron chi connectivity index (χ3n) is 4.90. The molecule has 2 heterocycles. The van der Waals surface area contributed by atoms with Crippen molar-refractivity contribution < 1.29 is 13.2 Å². The standard InChI is InChI=1S/C20H20N2O3S2/c23-19(15-17-7-3-6-16-5-1-2-8-18(16)17)21-10-12-22(13-11-21)27(24,25)20-9-4-14-26-20/h1-9,14H,10-13,15H2. The van der Waals surface area contributed by atoms with Gasteiger partial charge in [-0.2, -0.15) is 4.31 Å². The maximum atomic E-state index is 12.8. The Labute approximate surface area is 162 Å². The topological polar surface area (TPSA) is 57.7 Å². The molecule has 1 fully saturated rings. The highest BCUT2D eigenvalue weighted by Crippen LogP contribution is 2.23. The quantitative estimate of drug-likeness (QED) is 0.677. The van der Waals surface area contributed by atoms with Crippen LogP contribution in [0.4, 0.5) is 0 Å². The summed E-state index contributed by atoms with van der Waals surface area (Å²) in [5.74, 6) is 0.0412. The average molecular weight is 401 g/mol. The Balaban J connectivity index is 1.43. The molecule has 0 radical (unpaired) electrons. The maximum absolute atomic E-state index is 12.8. The van der Waals surface area contributed by atoms with Crippen LogP contribution in [0.1, 0.15) is 5.56 Å². The number of carbonyl (C=O) groups is 1. The molecule has 0 spiro atoms. The molecule has 1 aliphatic rings. The predicted octanol–water partition coefficient (Wildman–Crippen LogP) is 2.98. The summed E-state index contributed by atoms with van der Waals surface area (Å²) in [4.78, 5) is 14.5. The Hall–Kier alpha value is -2.22. The van der Waals surface area contributed by atoms with Crippen LogP contribution in [0.3, 0.4) is 0 Å².